The maximum atomic E-state index is 12.5. The molecule has 6 heteroatoms. The van der Waals surface area contributed by atoms with Crippen LogP contribution in [0.1, 0.15) is 26.4 Å². The summed E-state index contributed by atoms with van der Waals surface area (Å²) < 4.78 is 1.80. The zero-order chi connectivity index (χ0) is 17.3. The summed E-state index contributed by atoms with van der Waals surface area (Å²) in [6.45, 7) is 0.308. The summed E-state index contributed by atoms with van der Waals surface area (Å²) in [5.41, 5.74) is 7.92. The molecule has 0 bridgehead atoms. The van der Waals surface area contributed by atoms with Crippen LogP contribution >= 0.6 is 11.6 Å². The fraction of sp³-hybridized carbons (Fsp3) is 0.111. The molecule has 122 valence electrons. The van der Waals surface area contributed by atoms with Crippen molar-refractivity contribution in [3.8, 4) is 0 Å². The van der Waals surface area contributed by atoms with Crippen LogP contribution in [0.5, 0.6) is 0 Å². The minimum Gasteiger partial charge on any atom is -0.366 e. The van der Waals surface area contributed by atoms with Gasteiger partial charge in [-0.2, -0.15) is 0 Å². The number of nitrogens with one attached hydrogen (secondary N) is 1. The Morgan fingerprint density at radius 2 is 1.96 bits per heavy atom. The van der Waals surface area contributed by atoms with Gasteiger partial charge in [-0.3, -0.25) is 9.59 Å². The third kappa shape index (κ3) is 3.12. The quantitative estimate of drug-likeness (QED) is 0.765. The summed E-state index contributed by atoms with van der Waals surface area (Å²) in [6, 6.07) is 14.2. The van der Waals surface area contributed by atoms with Crippen molar-refractivity contribution >= 4 is 34.3 Å². The molecule has 5 nitrogen and oxygen atoms in total. The first-order chi connectivity index (χ1) is 11.5. The Hall–Kier alpha value is -2.79. The molecule has 0 unspecified atom stereocenters. The molecule has 0 fully saturated rings. The molecule has 1 aromatic heterocycles. The number of fused-ring (bicyclic) bond motifs is 1. The summed E-state index contributed by atoms with van der Waals surface area (Å²) >= 11 is 6.01. The van der Waals surface area contributed by atoms with Gasteiger partial charge >= 0.3 is 0 Å². The monoisotopic (exact) mass is 341 g/mol. The highest BCUT2D eigenvalue weighted by Gasteiger charge is 2.13. The number of aryl methyl sites for hydroxylation is 1. The predicted molar refractivity (Wildman–Crippen MR) is 94.1 cm³/mol. The molecule has 0 aliphatic carbocycles. The van der Waals surface area contributed by atoms with Crippen LogP contribution in [-0.4, -0.2) is 16.4 Å². The van der Waals surface area contributed by atoms with Crippen molar-refractivity contribution in [2.75, 3.05) is 0 Å². The molecule has 2 aromatic carbocycles. The number of carbonyl (C=O) groups is 2. The van der Waals surface area contributed by atoms with E-state index >= 15 is 0 Å². The number of nitrogens with two attached hydrogens (primary N) is 1. The predicted octanol–water partition coefficient (Wildman–Crippen LogP) is 2.86. The lowest BCUT2D eigenvalue weighted by Crippen LogP contribution is -2.25. The van der Waals surface area contributed by atoms with Crippen LogP contribution in [0.4, 0.5) is 0 Å². The summed E-state index contributed by atoms with van der Waals surface area (Å²) in [6.07, 6.45) is 0. The van der Waals surface area contributed by atoms with Gasteiger partial charge in [0.05, 0.1) is 0 Å². The summed E-state index contributed by atoms with van der Waals surface area (Å²) in [4.78, 5) is 23.7. The molecule has 0 atom stereocenters. The van der Waals surface area contributed by atoms with Gasteiger partial charge in [0.1, 0.15) is 5.69 Å². The number of benzene rings is 2. The van der Waals surface area contributed by atoms with Crippen molar-refractivity contribution in [1.29, 1.82) is 0 Å². The number of hydrogen-bond acceptors (Lipinski definition) is 2. The summed E-state index contributed by atoms with van der Waals surface area (Å²) in [5.74, 6) is -0.692. The molecule has 0 radical (unpaired) electrons. The van der Waals surface area contributed by atoms with Crippen molar-refractivity contribution < 1.29 is 9.59 Å². The number of aromatic nitrogens is 1. The van der Waals surface area contributed by atoms with Gasteiger partial charge in [0.2, 0.25) is 5.91 Å². The van der Waals surface area contributed by atoms with E-state index in [9.17, 15) is 9.59 Å². The Labute approximate surface area is 144 Å². The maximum absolute atomic E-state index is 12.5. The highest BCUT2D eigenvalue weighted by atomic mass is 35.5. The largest absolute Gasteiger partial charge is 0.366 e. The van der Waals surface area contributed by atoms with Gasteiger partial charge in [0.15, 0.2) is 0 Å². The van der Waals surface area contributed by atoms with Gasteiger partial charge in [0.25, 0.3) is 5.91 Å². The zero-order valence-electron chi connectivity index (χ0n) is 13.0. The van der Waals surface area contributed by atoms with Crippen LogP contribution in [0.15, 0.2) is 48.5 Å². The minimum absolute atomic E-state index is 0.200. The number of halogens is 1. The summed E-state index contributed by atoms with van der Waals surface area (Å²) in [5, 5.41) is 4.42. The lowest BCUT2D eigenvalue weighted by Gasteiger charge is -2.07. The molecule has 3 N–H and O–H groups in total. The van der Waals surface area contributed by atoms with E-state index in [1.165, 1.54) is 0 Å². The van der Waals surface area contributed by atoms with Crippen molar-refractivity contribution in [2.24, 2.45) is 12.8 Å². The summed E-state index contributed by atoms with van der Waals surface area (Å²) in [7, 11) is 1.82. The van der Waals surface area contributed by atoms with Crippen LogP contribution < -0.4 is 11.1 Å². The fourth-order valence-electron chi connectivity index (χ4n) is 2.63. The second kappa shape index (κ2) is 6.37. The van der Waals surface area contributed by atoms with E-state index in [2.05, 4.69) is 5.32 Å². The van der Waals surface area contributed by atoms with E-state index < -0.39 is 5.91 Å². The number of amides is 2. The number of carbonyl (C=O) groups excluding carboxylic acids is 2. The van der Waals surface area contributed by atoms with E-state index in [1.54, 1.807) is 28.8 Å². The van der Waals surface area contributed by atoms with E-state index in [-0.39, 0.29) is 5.91 Å². The first-order valence-electron chi connectivity index (χ1n) is 7.37. The number of primary amides is 1. The lowest BCUT2D eigenvalue weighted by atomic mass is 10.1. The smallest absolute Gasteiger partial charge is 0.268 e. The van der Waals surface area contributed by atoms with E-state index in [1.807, 2.05) is 31.3 Å². The maximum Gasteiger partial charge on any atom is 0.268 e. The molecule has 1 heterocycles. The average Bonchev–Trinajstić information content (AvgIpc) is 2.89. The number of nitrogens with zero attached hydrogens (tertiary/aromatic N) is 1. The van der Waals surface area contributed by atoms with Crippen LogP contribution in [0.25, 0.3) is 10.9 Å². The first kappa shape index (κ1) is 16.1. The third-order valence-electron chi connectivity index (χ3n) is 3.90. The third-order valence-corrected chi connectivity index (χ3v) is 4.14. The van der Waals surface area contributed by atoms with Crippen molar-refractivity contribution in [2.45, 2.75) is 6.54 Å². The number of rotatable bonds is 4. The second-order valence-electron chi connectivity index (χ2n) is 5.54. The van der Waals surface area contributed by atoms with Gasteiger partial charge in [-0.25, -0.2) is 0 Å². The highest BCUT2D eigenvalue weighted by Crippen LogP contribution is 2.22. The Kier molecular flexibility index (Phi) is 4.27. The Balaban J connectivity index is 1.79. The van der Waals surface area contributed by atoms with E-state index in [4.69, 9.17) is 17.3 Å². The van der Waals surface area contributed by atoms with Gasteiger partial charge in [-0.05, 0) is 35.9 Å². The van der Waals surface area contributed by atoms with Crippen molar-refractivity contribution in [1.82, 2.24) is 9.88 Å². The molecule has 3 rings (SSSR count). The van der Waals surface area contributed by atoms with Gasteiger partial charge < -0.3 is 15.6 Å². The second-order valence-corrected chi connectivity index (χ2v) is 5.98. The first-order valence-corrected chi connectivity index (χ1v) is 7.75. The molecule has 3 aromatic rings. The van der Waals surface area contributed by atoms with Gasteiger partial charge in [-0.15, -0.1) is 0 Å². The van der Waals surface area contributed by atoms with Crippen LogP contribution in [0.2, 0.25) is 5.02 Å². The molecule has 0 saturated heterocycles. The molecular formula is C18H16ClN3O2. The zero-order valence-corrected chi connectivity index (χ0v) is 13.8. The Bertz CT molecular complexity index is 947. The molecule has 0 spiro atoms. The SMILES string of the molecule is Cn1c(C(=O)NCc2cccc(C(N)=O)c2)cc2ccc(Cl)cc21. The number of hydrogen-bond donors (Lipinski definition) is 2. The highest BCUT2D eigenvalue weighted by molar-refractivity contribution is 6.31. The molecule has 0 saturated carbocycles. The molecular weight excluding hydrogens is 326 g/mol. The van der Waals surface area contributed by atoms with E-state index in [0.717, 1.165) is 16.5 Å². The average molecular weight is 342 g/mol. The van der Waals surface area contributed by atoms with Crippen LogP contribution in [0.3, 0.4) is 0 Å². The van der Waals surface area contributed by atoms with Gasteiger partial charge in [-0.1, -0.05) is 29.8 Å². The molecule has 0 aliphatic rings. The molecule has 2 amide bonds. The lowest BCUT2D eigenvalue weighted by molar-refractivity contribution is 0.0942. The minimum atomic E-state index is -0.492. The van der Waals surface area contributed by atoms with E-state index in [0.29, 0.717) is 22.8 Å². The molecule has 0 aliphatic heterocycles. The van der Waals surface area contributed by atoms with Crippen molar-refractivity contribution in [3.63, 3.8) is 0 Å². The topological polar surface area (TPSA) is 77.1 Å². The van der Waals surface area contributed by atoms with Gasteiger partial charge in [0, 0.05) is 35.1 Å². The normalized spacial score (nSPS) is 10.8. The van der Waals surface area contributed by atoms with Crippen molar-refractivity contribution in [3.05, 3.63) is 70.4 Å². The Morgan fingerprint density at radius 1 is 1.17 bits per heavy atom. The van der Waals surface area contributed by atoms with Crippen LogP contribution in [0, 0.1) is 0 Å². The Morgan fingerprint density at radius 3 is 2.71 bits per heavy atom. The fourth-order valence-corrected chi connectivity index (χ4v) is 2.79. The van der Waals surface area contributed by atoms with Crippen LogP contribution in [-0.2, 0) is 13.6 Å². The molecule has 24 heavy (non-hydrogen) atoms. The standard InChI is InChI=1S/C18H16ClN3O2/c1-22-15-9-14(19)6-5-12(15)8-16(22)18(24)21-10-11-3-2-4-13(7-11)17(20)23/h2-9H,10H2,1H3,(H2,20,23)(H,21,24).